The van der Waals surface area contributed by atoms with E-state index in [0.717, 1.165) is 44.8 Å². The summed E-state index contributed by atoms with van der Waals surface area (Å²) in [6.45, 7) is -0.333. The van der Waals surface area contributed by atoms with Crippen molar-refractivity contribution in [1.29, 1.82) is 0 Å². The number of H-pyrrole nitrogens is 1. The molecule has 1 aliphatic carbocycles. The summed E-state index contributed by atoms with van der Waals surface area (Å²) in [4.78, 5) is 32.3. The average molecular weight is 832 g/mol. The fraction of sp³-hybridized carbons (Fsp3) is 0.375. The van der Waals surface area contributed by atoms with Crippen LogP contribution in [0.1, 0.15) is 64.9 Å². The van der Waals surface area contributed by atoms with Gasteiger partial charge in [-0.1, -0.05) is 65.7 Å². The van der Waals surface area contributed by atoms with Crippen LogP contribution < -0.4 is 19.2 Å². The van der Waals surface area contributed by atoms with E-state index in [-0.39, 0.29) is 57.1 Å². The largest absolute Gasteiger partial charge is 0.489 e. The maximum Gasteiger partial charge on any atom is 0.387 e. The van der Waals surface area contributed by atoms with Gasteiger partial charge in [0.25, 0.3) is 0 Å². The van der Waals surface area contributed by atoms with Gasteiger partial charge in [0.15, 0.2) is 23.9 Å². The summed E-state index contributed by atoms with van der Waals surface area (Å²) in [6, 6.07) is 16.5. The Morgan fingerprint density at radius 2 is 1.62 bits per heavy atom. The molecule has 4 fully saturated rings. The summed E-state index contributed by atoms with van der Waals surface area (Å²) in [6.07, 6.45) is 5.22. The Bertz CT molecular complexity index is 2130. The van der Waals surface area contributed by atoms with Crippen LogP contribution in [0.25, 0.3) is 0 Å². The Morgan fingerprint density at radius 1 is 0.893 bits per heavy atom. The highest BCUT2D eigenvalue weighted by Gasteiger charge is 2.39. The summed E-state index contributed by atoms with van der Waals surface area (Å²) >= 11 is 13.0. The van der Waals surface area contributed by atoms with Gasteiger partial charge < -0.3 is 18.9 Å². The van der Waals surface area contributed by atoms with E-state index in [9.17, 15) is 26.8 Å². The summed E-state index contributed by atoms with van der Waals surface area (Å²) in [7, 11) is -4.43. The topological polar surface area (TPSA) is 135 Å². The van der Waals surface area contributed by atoms with Gasteiger partial charge in [-0.05, 0) is 92.1 Å². The molecule has 1 aromatic heterocycles. The number of aromatic amines is 1. The van der Waals surface area contributed by atoms with Crippen molar-refractivity contribution in [2.24, 2.45) is 11.8 Å². The highest BCUT2D eigenvalue weighted by atomic mass is 35.5. The first-order chi connectivity index (χ1) is 26.9. The first-order valence-electron chi connectivity index (χ1n) is 18.3. The van der Waals surface area contributed by atoms with Gasteiger partial charge in [-0.2, -0.15) is 13.5 Å². The van der Waals surface area contributed by atoms with Gasteiger partial charge in [0, 0.05) is 18.5 Å². The minimum absolute atomic E-state index is 0.0356. The van der Waals surface area contributed by atoms with Crippen molar-refractivity contribution < 1.29 is 50.7 Å². The third-order valence-corrected chi connectivity index (χ3v) is 12.3. The summed E-state index contributed by atoms with van der Waals surface area (Å²) in [5, 5.41) is 0.501. The number of fused-ring (bicyclic) bond motifs is 3. The molecule has 4 aliphatic rings. The van der Waals surface area contributed by atoms with Crippen LogP contribution in [0.4, 0.5) is 8.78 Å². The van der Waals surface area contributed by atoms with Crippen LogP contribution in [0.15, 0.2) is 90.1 Å². The highest BCUT2D eigenvalue weighted by molar-refractivity contribution is 7.89. The molecule has 3 saturated heterocycles. The Morgan fingerprint density at radius 3 is 2.29 bits per heavy atom. The van der Waals surface area contributed by atoms with Crippen LogP contribution in [0.2, 0.25) is 10.0 Å². The number of esters is 2. The number of halogens is 4. The number of sulfonamides is 1. The number of hydrogen-bond donors (Lipinski definition) is 1. The molecule has 1 saturated carbocycles. The first kappa shape index (κ1) is 39.9. The van der Waals surface area contributed by atoms with E-state index < -0.39 is 40.7 Å². The number of carbonyl (C=O) groups excluding carboxylic acids is 2. The van der Waals surface area contributed by atoms with E-state index in [1.807, 2.05) is 0 Å². The molecule has 2 N–H and O–H groups in total. The molecule has 0 radical (unpaired) electrons. The third kappa shape index (κ3) is 9.78. The number of nitrogens with zero attached hydrogens (tertiary/aromatic N) is 1. The quantitative estimate of drug-likeness (QED) is 0.119. The molecule has 56 heavy (non-hydrogen) atoms. The molecule has 4 aromatic rings. The monoisotopic (exact) mass is 830 g/mol. The molecule has 11 nitrogen and oxygen atoms in total. The van der Waals surface area contributed by atoms with E-state index in [2.05, 4.69) is 14.6 Å². The van der Waals surface area contributed by atoms with Gasteiger partial charge >= 0.3 is 18.6 Å². The van der Waals surface area contributed by atoms with E-state index in [0.29, 0.717) is 29.2 Å². The number of hydrogen-bond acceptors (Lipinski definition) is 9. The molecule has 8 rings (SSSR count). The van der Waals surface area contributed by atoms with E-state index >= 15 is 0 Å². The third-order valence-electron chi connectivity index (χ3n) is 10.2. The van der Waals surface area contributed by atoms with E-state index in [1.165, 1.54) is 48.8 Å². The van der Waals surface area contributed by atoms with Gasteiger partial charge in [-0.15, -0.1) is 0 Å². The van der Waals surface area contributed by atoms with E-state index in [1.54, 1.807) is 30.3 Å². The zero-order valence-corrected chi connectivity index (χ0v) is 32.4. The standard InChI is InChI=1S/C40H39Cl2F2N3O8S/c41-31-20-45-21-32(42)30(31)19-34(27-11-12-33(55-40(43)44)35(18-27)52-23-24-9-10-24)53-38(48)28-7-4-8-29(17-28)56(50,51)46-37(26-5-2-1-3-6-26)39(49)54-36-22-47-15-13-25(36)14-16-47/h1-8,11-12,17-18,20-21,24-25,34,36-37,40,46H,9-10,13-16,19,22-23H2/p+1/t34-,36-,37?/m0/s1. The van der Waals surface area contributed by atoms with E-state index in [4.69, 9.17) is 42.1 Å². The molecule has 2 bridgehead atoms. The number of aromatic nitrogens is 1. The van der Waals surface area contributed by atoms with Crippen molar-refractivity contribution >= 4 is 45.2 Å². The lowest BCUT2D eigenvalue weighted by Crippen LogP contribution is -2.52. The first-order valence-corrected chi connectivity index (χ1v) is 20.5. The SMILES string of the molecule is O=C(O[C@@H](Cc1c(Cl)c[nH+]cc1Cl)c1ccc(OC(F)F)c(OCC2CC2)c1)c1cccc(S(=O)(=O)NC(C(=O)O[C@H]2CN3CCC2CC3)c2ccccc2)c1. The molecule has 1 unspecified atom stereocenters. The Hall–Kier alpha value is -4.34. The van der Waals surface area contributed by atoms with Crippen molar-refractivity contribution in [3.8, 4) is 11.5 Å². The van der Waals surface area contributed by atoms with Crippen LogP contribution in [-0.4, -0.2) is 64.2 Å². The van der Waals surface area contributed by atoms with Gasteiger partial charge in [0.1, 0.15) is 28.3 Å². The summed E-state index contributed by atoms with van der Waals surface area (Å²) in [5.74, 6) is -1.28. The normalized spacial score (nSPS) is 20.3. The predicted molar refractivity (Wildman–Crippen MR) is 201 cm³/mol. The molecular weight excluding hydrogens is 791 g/mol. The summed E-state index contributed by atoms with van der Waals surface area (Å²) in [5.41, 5.74) is 1.05. The minimum Gasteiger partial charge on any atom is -0.489 e. The average Bonchev–Trinajstić information content (AvgIpc) is 4.03. The lowest BCUT2D eigenvalue weighted by molar-refractivity contribution is -0.377. The smallest absolute Gasteiger partial charge is 0.387 e. The second kappa shape index (κ2) is 17.4. The van der Waals surface area contributed by atoms with Gasteiger partial charge in [-0.3, -0.25) is 4.90 Å². The van der Waals surface area contributed by atoms with Gasteiger partial charge in [0.05, 0.1) is 17.1 Å². The maximum atomic E-state index is 13.9. The molecule has 16 heteroatoms. The number of rotatable bonds is 16. The van der Waals surface area contributed by atoms with Crippen LogP contribution >= 0.6 is 23.2 Å². The number of ether oxygens (including phenoxy) is 4. The lowest BCUT2D eigenvalue weighted by atomic mass is 9.86. The second-order valence-corrected chi connectivity index (χ2v) is 16.7. The Labute approximate surface area is 333 Å². The predicted octanol–water partition coefficient (Wildman–Crippen LogP) is 7.00. The number of carbonyl (C=O) groups is 2. The van der Waals surface area contributed by atoms with Crippen molar-refractivity contribution in [3.05, 3.63) is 117 Å². The number of alkyl halides is 2. The van der Waals surface area contributed by atoms with Crippen molar-refractivity contribution in [2.45, 2.75) is 61.9 Å². The minimum atomic E-state index is -4.43. The highest BCUT2D eigenvalue weighted by Crippen LogP contribution is 2.38. The maximum absolute atomic E-state index is 13.9. The number of piperidine rings is 3. The molecule has 296 valence electrons. The van der Waals surface area contributed by atoms with Crippen LogP contribution in [0.3, 0.4) is 0 Å². The molecular formula is C40H40Cl2F2N3O8S+. The second-order valence-electron chi connectivity index (χ2n) is 14.2. The zero-order valence-electron chi connectivity index (χ0n) is 30.0. The molecule has 3 aliphatic heterocycles. The fourth-order valence-electron chi connectivity index (χ4n) is 6.98. The van der Waals surface area contributed by atoms with Crippen LogP contribution in [-0.2, 0) is 30.7 Å². The van der Waals surface area contributed by atoms with Gasteiger partial charge in [-0.25, -0.2) is 23.0 Å². The number of benzene rings is 3. The fourth-order valence-corrected chi connectivity index (χ4v) is 8.73. The molecule has 3 aromatic carbocycles. The number of pyridine rings is 1. The van der Waals surface area contributed by atoms with Crippen molar-refractivity contribution in [3.63, 3.8) is 0 Å². The van der Waals surface area contributed by atoms with Crippen LogP contribution in [0, 0.1) is 11.8 Å². The van der Waals surface area contributed by atoms with Crippen molar-refractivity contribution in [2.75, 3.05) is 26.2 Å². The number of nitrogens with one attached hydrogen (secondary N) is 2. The van der Waals surface area contributed by atoms with Gasteiger partial charge in [0.2, 0.25) is 10.0 Å². The Balaban J connectivity index is 1.14. The molecule has 0 spiro atoms. The molecule has 4 heterocycles. The van der Waals surface area contributed by atoms with Crippen molar-refractivity contribution in [1.82, 2.24) is 9.62 Å². The lowest BCUT2D eigenvalue weighted by Gasteiger charge is -2.44. The summed E-state index contributed by atoms with van der Waals surface area (Å²) < 4.78 is 79.5. The Kier molecular flexibility index (Phi) is 12.4. The molecule has 3 atom stereocenters. The molecule has 0 amide bonds. The van der Waals surface area contributed by atoms with Crippen LogP contribution in [0.5, 0.6) is 11.5 Å². The zero-order chi connectivity index (χ0) is 39.4.